The van der Waals surface area contributed by atoms with Gasteiger partial charge in [0.05, 0.1) is 5.56 Å². The van der Waals surface area contributed by atoms with Crippen LogP contribution in [0.4, 0.5) is 5.69 Å². The molecule has 2 aromatic heterocycles. The summed E-state index contributed by atoms with van der Waals surface area (Å²) in [6, 6.07) is 9.77. The van der Waals surface area contributed by atoms with Gasteiger partial charge in [-0.2, -0.15) is 0 Å². The van der Waals surface area contributed by atoms with E-state index in [-0.39, 0.29) is 12.1 Å². The van der Waals surface area contributed by atoms with Crippen molar-refractivity contribution in [1.82, 2.24) is 14.5 Å². The lowest BCUT2D eigenvalue weighted by molar-refractivity contribution is 0.0707. The SMILES string of the molecule is C=CCN1C(=O)c2ccccc2N[C@@H]1c1cc(C)n(-c2nccs2)c1C. The van der Waals surface area contributed by atoms with Gasteiger partial charge in [-0.3, -0.25) is 9.36 Å². The number of para-hydroxylation sites is 1. The lowest BCUT2D eigenvalue weighted by Gasteiger charge is -2.37. The van der Waals surface area contributed by atoms with Gasteiger partial charge in [-0.05, 0) is 32.0 Å². The van der Waals surface area contributed by atoms with E-state index in [9.17, 15) is 4.79 Å². The van der Waals surface area contributed by atoms with Crippen LogP contribution in [0.5, 0.6) is 0 Å². The van der Waals surface area contributed by atoms with Gasteiger partial charge in [0.2, 0.25) is 0 Å². The van der Waals surface area contributed by atoms with Crippen LogP contribution in [0.3, 0.4) is 0 Å². The van der Waals surface area contributed by atoms with Crippen LogP contribution in [-0.2, 0) is 0 Å². The fourth-order valence-electron chi connectivity index (χ4n) is 3.55. The molecule has 1 aromatic carbocycles. The third-order valence-corrected chi connectivity index (χ3v) is 5.48. The minimum absolute atomic E-state index is 0.0169. The van der Waals surface area contributed by atoms with Gasteiger partial charge in [0.1, 0.15) is 6.17 Å². The van der Waals surface area contributed by atoms with Gasteiger partial charge in [0, 0.05) is 40.8 Å². The number of amides is 1. The number of fused-ring (bicyclic) bond motifs is 1. The molecule has 1 N–H and O–H groups in total. The molecule has 0 saturated carbocycles. The number of nitrogens with zero attached hydrogens (tertiary/aromatic N) is 3. The number of aromatic nitrogens is 2. The van der Waals surface area contributed by atoms with Crippen molar-refractivity contribution < 1.29 is 4.79 Å². The molecule has 0 saturated heterocycles. The van der Waals surface area contributed by atoms with E-state index in [1.807, 2.05) is 34.5 Å². The van der Waals surface area contributed by atoms with Crippen molar-refractivity contribution in [2.45, 2.75) is 20.0 Å². The number of nitrogens with one attached hydrogen (secondary N) is 1. The third kappa shape index (κ3) is 2.54. The number of anilines is 1. The molecule has 132 valence electrons. The van der Waals surface area contributed by atoms with Crippen LogP contribution in [0.25, 0.3) is 5.13 Å². The molecule has 0 aliphatic carbocycles. The zero-order valence-corrected chi connectivity index (χ0v) is 15.6. The number of carbonyl (C=O) groups is 1. The maximum absolute atomic E-state index is 13.0. The number of aryl methyl sites for hydroxylation is 1. The first-order valence-corrected chi connectivity index (χ1v) is 9.36. The smallest absolute Gasteiger partial charge is 0.258 e. The highest BCUT2D eigenvalue weighted by Crippen LogP contribution is 2.36. The Bertz CT molecular complexity index is 974. The Morgan fingerprint density at radius 3 is 2.88 bits per heavy atom. The first-order valence-electron chi connectivity index (χ1n) is 8.48. The standard InChI is InChI=1S/C20H20N4OS/c1-4-10-23-18(22-17-8-6-5-7-15(17)19(23)25)16-12-13(2)24(14(16)3)20-21-9-11-26-20/h4-9,11-12,18,22H,1,10H2,2-3H3/t18-/m0/s1. The zero-order valence-electron chi connectivity index (χ0n) is 14.8. The number of carbonyl (C=O) groups excluding carboxylic acids is 1. The summed E-state index contributed by atoms with van der Waals surface area (Å²) in [6.45, 7) is 8.44. The molecule has 0 unspecified atom stereocenters. The Morgan fingerprint density at radius 2 is 2.15 bits per heavy atom. The Balaban J connectivity index is 1.83. The van der Waals surface area contributed by atoms with Crippen molar-refractivity contribution >= 4 is 22.9 Å². The third-order valence-electron chi connectivity index (χ3n) is 4.72. The van der Waals surface area contributed by atoms with Crippen LogP contribution in [-0.4, -0.2) is 26.9 Å². The summed E-state index contributed by atoms with van der Waals surface area (Å²) < 4.78 is 2.14. The second-order valence-corrected chi connectivity index (χ2v) is 7.19. The molecule has 3 heterocycles. The van der Waals surface area contributed by atoms with E-state index in [4.69, 9.17) is 0 Å². The molecule has 1 aliphatic heterocycles. The predicted octanol–water partition coefficient (Wildman–Crippen LogP) is 4.30. The summed E-state index contributed by atoms with van der Waals surface area (Å²) in [4.78, 5) is 19.3. The second kappa shape index (κ2) is 6.46. The summed E-state index contributed by atoms with van der Waals surface area (Å²) in [6.07, 6.45) is 3.33. The highest BCUT2D eigenvalue weighted by Gasteiger charge is 2.34. The second-order valence-electron chi connectivity index (χ2n) is 6.32. The van der Waals surface area contributed by atoms with Gasteiger partial charge in [-0.1, -0.05) is 18.2 Å². The molecule has 3 aromatic rings. The Morgan fingerprint density at radius 1 is 1.35 bits per heavy atom. The molecule has 0 spiro atoms. The first-order chi connectivity index (χ1) is 12.6. The number of hydrogen-bond donors (Lipinski definition) is 1. The minimum atomic E-state index is -0.240. The molecule has 1 amide bonds. The van der Waals surface area contributed by atoms with Gasteiger partial charge in [0.25, 0.3) is 5.91 Å². The van der Waals surface area contributed by atoms with Gasteiger partial charge in [-0.15, -0.1) is 17.9 Å². The number of thiazole rings is 1. The average Bonchev–Trinajstić information content (AvgIpc) is 3.25. The summed E-state index contributed by atoms with van der Waals surface area (Å²) in [5, 5.41) is 6.44. The summed E-state index contributed by atoms with van der Waals surface area (Å²) in [5.74, 6) is 0.0169. The van der Waals surface area contributed by atoms with Gasteiger partial charge in [0.15, 0.2) is 5.13 Å². The maximum atomic E-state index is 13.0. The molecule has 6 heteroatoms. The Labute approximate surface area is 156 Å². The van der Waals surface area contributed by atoms with Crippen LogP contribution in [0.2, 0.25) is 0 Å². The highest BCUT2D eigenvalue weighted by molar-refractivity contribution is 7.12. The molecule has 26 heavy (non-hydrogen) atoms. The van der Waals surface area contributed by atoms with Crippen LogP contribution in [0.1, 0.15) is 33.5 Å². The fraction of sp³-hybridized carbons (Fsp3) is 0.200. The monoisotopic (exact) mass is 364 g/mol. The molecule has 4 rings (SSSR count). The van der Waals surface area contributed by atoms with Gasteiger partial charge >= 0.3 is 0 Å². The van der Waals surface area contributed by atoms with E-state index in [2.05, 4.69) is 41.4 Å². The number of benzene rings is 1. The van der Waals surface area contributed by atoms with E-state index in [1.165, 1.54) is 0 Å². The molecule has 1 atom stereocenters. The summed E-state index contributed by atoms with van der Waals surface area (Å²) >= 11 is 1.60. The molecular weight excluding hydrogens is 344 g/mol. The quantitative estimate of drug-likeness (QED) is 0.702. The predicted molar refractivity (Wildman–Crippen MR) is 105 cm³/mol. The van der Waals surface area contributed by atoms with E-state index < -0.39 is 0 Å². The van der Waals surface area contributed by atoms with E-state index >= 15 is 0 Å². The van der Waals surface area contributed by atoms with Crippen LogP contribution in [0, 0.1) is 13.8 Å². The van der Waals surface area contributed by atoms with Crippen LogP contribution in [0.15, 0.2) is 54.6 Å². The normalized spacial score (nSPS) is 16.3. The Hall–Kier alpha value is -2.86. The van der Waals surface area contributed by atoms with Crippen LogP contribution < -0.4 is 5.32 Å². The van der Waals surface area contributed by atoms with Gasteiger partial charge < -0.3 is 10.2 Å². The van der Waals surface area contributed by atoms with Crippen molar-refractivity contribution in [3.05, 3.63) is 77.1 Å². The van der Waals surface area contributed by atoms with Gasteiger partial charge in [-0.25, -0.2) is 4.98 Å². The van der Waals surface area contributed by atoms with Crippen molar-refractivity contribution in [3.63, 3.8) is 0 Å². The van der Waals surface area contributed by atoms with Crippen molar-refractivity contribution in [3.8, 4) is 5.13 Å². The molecule has 5 nitrogen and oxygen atoms in total. The molecule has 0 bridgehead atoms. The van der Waals surface area contributed by atoms with E-state index in [1.54, 1.807) is 23.6 Å². The topological polar surface area (TPSA) is 50.2 Å². The largest absolute Gasteiger partial charge is 0.361 e. The van der Waals surface area contributed by atoms with E-state index in [0.29, 0.717) is 12.1 Å². The fourth-order valence-corrected chi connectivity index (χ4v) is 4.30. The molecule has 0 radical (unpaired) electrons. The molecule has 0 fully saturated rings. The summed E-state index contributed by atoms with van der Waals surface area (Å²) in [5.41, 5.74) is 4.80. The number of hydrogen-bond acceptors (Lipinski definition) is 4. The Kier molecular flexibility index (Phi) is 4.12. The van der Waals surface area contributed by atoms with Crippen molar-refractivity contribution in [2.75, 3.05) is 11.9 Å². The lowest BCUT2D eigenvalue weighted by Crippen LogP contribution is -2.43. The van der Waals surface area contributed by atoms with Crippen LogP contribution >= 0.6 is 11.3 Å². The lowest BCUT2D eigenvalue weighted by atomic mass is 10.0. The average molecular weight is 364 g/mol. The highest BCUT2D eigenvalue weighted by atomic mass is 32.1. The molecular formula is C20H20N4OS. The van der Waals surface area contributed by atoms with E-state index in [0.717, 1.165) is 27.8 Å². The minimum Gasteiger partial charge on any atom is -0.361 e. The first kappa shape index (κ1) is 16.6. The van der Waals surface area contributed by atoms with Crippen molar-refractivity contribution in [2.24, 2.45) is 0 Å². The maximum Gasteiger partial charge on any atom is 0.258 e. The zero-order chi connectivity index (χ0) is 18.3. The number of rotatable bonds is 4. The molecule has 1 aliphatic rings. The van der Waals surface area contributed by atoms with Crippen molar-refractivity contribution in [1.29, 1.82) is 0 Å². The summed E-state index contributed by atoms with van der Waals surface area (Å²) in [7, 11) is 0.